The van der Waals surface area contributed by atoms with Gasteiger partial charge < -0.3 is 0 Å². The van der Waals surface area contributed by atoms with Crippen LogP contribution in [0.1, 0.15) is 5.82 Å². The average Bonchev–Trinajstić information content (AvgIpc) is 1.86. The van der Waals surface area contributed by atoms with E-state index in [4.69, 9.17) is 6.92 Å². The molecule has 1 aromatic rings. The molecule has 0 aliphatic carbocycles. The highest BCUT2D eigenvalue weighted by atomic mass is 15.5. The van der Waals surface area contributed by atoms with Gasteiger partial charge in [-0.05, 0) is 10.4 Å². The van der Waals surface area contributed by atoms with Gasteiger partial charge >= 0.3 is 0 Å². The fourth-order valence-electron chi connectivity index (χ4n) is 0.166. The minimum Gasteiger partial charge on any atom is -0.243 e. The quantitative estimate of drug-likeness (QED) is 0.448. The lowest BCUT2D eigenvalue weighted by Crippen LogP contribution is -1.69. The van der Waals surface area contributed by atoms with Gasteiger partial charge in [0.2, 0.25) is 0 Å². The first-order valence-corrected chi connectivity index (χ1v) is 1.39. The number of hydrogen-bond acceptors (Lipinski definition) is 3. The summed E-state index contributed by atoms with van der Waals surface area (Å²) in [6.45, 7) is 4.99. The molecule has 1 rings (SSSR count). The van der Waals surface area contributed by atoms with Crippen LogP contribution in [0.4, 0.5) is 0 Å². The van der Waals surface area contributed by atoms with E-state index in [1.54, 1.807) is 0 Å². The molecule has 0 saturated carbocycles. The Hall–Kier alpha value is -0.930. The molecule has 30 valence electrons. The molecule has 1 heterocycles. The van der Waals surface area contributed by atoms with Gasteiger partial charge in [0, 0.05) is 6.92 Å². The van der Waals surface area contributed by atoms with E-state index in [-0.39, 0.29) is 5.82 Å². The van der Waals surface area contributed by atoms with Gasteiger partial charge in [0.25, 0.3) is 0 Å². The van der Waals surface area contributed by atoms with E-state index >= 15 is 0 Å². The molecule has 0 saturated heterocycles. The van der Waals surface area contributed by atoms with Crippen molar-refractivity contribution in [3.63, 3.8) is 0 Å². The monoisotopic (exact) mass is 82.0 g/mol. The van der Waals surface area contributed by atoms with Crippen LogP contribution in [-0.2, 0) is 0 Å². The van der Waals surface area contributed by atoms with Crippen molar-refractivity contribution in [3.05, 3.63) is 12.7 Å². The van der Waals surface area contributed by atoms with Gasteiger partial charge in [-0.1, -0.05) is 0 Å². The Morgan fingerprint density at radius 2 is 2.50 bits per heavy atom. The summed E-state index contributed by atoms with van der Waals surface area (Å²) in [6.07, 6.45) is 0. The third kappa shape index (κ3) is 0.357. The van der Waals surface area contributed by atoms with Crippen LogP contribution in [0.25, 0.3) is 0 Å². The Bertz CT molecular complexity index is 109. The normalized spacial score (nSPS) is 8.83. The van der Waals surface area contributed by atoms with Crippen molar-refractivity contribution in [2.75, 3.05) is 0 Å². The van der Waals surface area contributed by atoms with Gasteiger partial charge in [0.05, 0.1) is 0 Å². The first-order valence-electron chi connectivity index (χ1n) is 1.39. The topological polar surface area (TPSA) is 54.5 Å². The van der Waals surface area contributed by atoms with Crippen LogP contribution in [0.3, 0.4) is 0 Å². The molecule has 0 aliphatic rings. The first-order chi connectivity index (χ1) is 2.89. The van der Waals surface area contributed by atoms with Crippen LogP contribution in [-0.4, -0.2) is 20.6 Å². The third-order valence-corrected chi connectivity index (χ3v) is 0.362. The van der Waals surface area contributed by atoms with E-state index in [9.17, 15) is 0 Å². The molecule has 0 atom stereocenters. The minimum atomic E-state index is 0.245. The second kappa shape index (κ2) is 1.04. The molecule has 0 amide bonds. The van der Waals surface area contributed by atoms with Crippen LogP contribution in [0.2, 0.25) is 0 Å². The van der Waals surface area contributed by atoms with E-state index in [1.807, 2.05) is 0 Å². The van der Waals surface area contributed by atoms with Gasteiger partial charge in [-0.15, -0.1) is 5.10 Å². The van der Waals surface area contributed by atoms with E-state index in [0.717, 1.165) is 0 Å². The summed E-state index contributed by atoms with van der Waals surface area (Å²) in [4.78, 5) is 0. The van der Waals surface area contributed by atoms with Crippen LogP contribution < -0.4 is 0 Å². The molecule has 0 aromatic carbocycles. The number of tetrazole rings is 1. The van der Waals surface area contributed by atoms with Crippen molar-refractivity contribution in [2.24, 2.45) is 0 Å². The molecule has 6 heavy (non-hydrogen) atoms. The molecule has 0 fully saturated rings. The van der Waals surface area contributed by atoms with Crippen LogP contribution in [0.15, 0.2) is 0 Å². The van der Waals surface area contributed by atoms with E-state index in [0.29, 0.717) is 0 Å². The van der Waals surface area contributed by atoms with Crippen molar-refractivity contribution in [3.8, 4) is 0 Å². The van der Waals surface area contributed by atoms with Crippen molar-refractivity contribution >= 4 is 0 Å². The first kappa shape index (κ1) is 3.27. The molecule has 0 spiro atoms. The Balaban J connectivity index is 3.05. The van der Waals surface area contributed by atoms with Crippen molar-refractivity contribution in [2.45, 2.75) is 0 Å². The van der Waals surface area contributed by atoms with E-state index < -0.39 is 0 Å². The zero-order valence-electron chi connectivity index (χ0n) is 2.92. The molecular weight excluding hydrogens is 80.0 g/mol. The highest BCUT2D eigenvalue weighted by Gasteiger charge is 1.78. The maximum absolute atomic E-state index is 4.99. The number of H-pyrrole nitrogens is 1. The third-order valence-electron chi connectivity index (χ3n) is 0.362. The summed E-state index contributed by atoms with van der Waals surface area (Å²) < 4.78 is 0. The van der Waals surface area contributed by atoms with Gasteiger partial charge in [-0.3, -0.25) is 0 Å². The Morgan fingerprint density at radius 3 is 2.67 bits per heavy atom. The molecule has 1 N–H and O–H groups in total. The molecule has 0 bridgehead atoms. The summed E-state index contributed by atoms with van der Waals surface area (Å²) in [6, 6.07) is 0. The molecular formula is C2H2N4. The summed E-state index contributed by atoms with van der Waals surface area (Å²) in [5, 5.41) is 11.9. The molecule has 0 unspecified atom stereocenters. The lowest BCUT2D eigenvalue weighted by Gasteiger charge is -1.61. The zero-order chi connectivity index (χ0) is 4.41. The predicted octanol–water partition coefficient (Wildman–Crippen LogP) is -0.741. The lowest BCUT2D eigenvalue weighted by atomic mass is 10.8. The Labute approximate surface area is 34.6 Å². The maximum atomic E-state index is 4.99. The average molecular weight is 82.1 g/mol. The Kier molecular flexibility index (Phi) is 0.567. The molecule has 4 nitrogen and oxygen atoms in total. The number of aromatic amines is 1. The molecule has 2 radical (unpaired) electrons. The summed E-state index contributed by atoms with van der Waals surface area (Å²) in [7, 11) is 0. The number of nitrogens with one attached hydrogen (secondary N) is 1. The largest absolute Gasteiger partial charge is 0.243 e. The summed E-state index contributed by atoms with van der Waals surface area (Å²) in [5.41, 5.74) is 0. The van der Waals surface area contributed by atoms with Crippen LogP contribution in [0.5, 0.6) is 0 Å². The fraction of sp³-hybridized carbons (Fsp3) is 0. The maximum Gasteiger partial charge on any atom is 0.153 e. The molecule has 0 aliphatic heterocycles. The highest BCUT2D eigenvalue weighted by Crippen LogP contribution is 1.68. The second-order valence-corrected chi connectivity index (χ2v) is 0.786. The van der Waals surface area contributed by atoms with Crippen molar-refractivity contribution in [1.29, 1.82) is 0 Å². The molecule has 1 aromatic heterocycles. The van der Waals surface area contributed by atoms with Gasteiger partial charge in [0.1, 0.15) is 0 Å². The van der Waals surface area contributed by atoms with Gasteiger partial charge in [0.15, 0.2) is 5.82 Å². The second-order valence-electron chi connectivity index (χ2n) is 0.786. The number of nitrogens with zero attached hydrogens (tertiary/aromatic N) is 3. The standard InChI is InChI=1S/C2H2N4/c1-2-3-5-6-4-2/h1H,(H,3,4,5,6). The highest BCUT2D eigenvalue weighted by molar-refractivity contribution is 4.77. The summed E-state index contributed by atoms with van der Waals surface area (Å²) >= 11 is 0. The number of rotatable bonds is 0. The lowest BCUT2D eigenvalue weighted by molar-refractivity contribution is 0.881. The molecule has 4 heteroatoms. The van der Waals surface area contributed by atoms with Gasteiger partial charge in [-0.25, -0.2) is 5.10 Å². The number of aromatic nitrogens is 4. The van der Waals surface area contributed by atoms with Crippen molar-refractivity contribution < 1.29 is 0 Å². The SMILES string of the molecule is [CH]c1nnn[nH]1. The fourth-order valence-corrected chi connectivity index (χ4v) is 0.166. The van der Waals surface area contributed by atoms with Crippen molar-refractivity contribution in [1.82, 2.24) is 20.6 Å². The summed E-state index contributed by atoms with van der Waals surface area (Å²) in [5.74, 6) is 0.245. The van der Waals surface area contributed by atoms with E-state index in [2.05, 4.69) is 20.6 Å². The predicted molar refractivity (Wildman–Crippen MR) is 17.6 cm³/mol. The van der Waals surface area contributed by atoms with Crippen LogP contribution >= 0.6 is 0 Å². The zero-order valence-corrected chi connectivity index (χ0v) is 2.92. The smallest absolute Gasteiger partial charge is 0.153 e. The Morgan fingerprint density at radius 1 is 1.67 bits per heavy atom. The van der Waals surface area contributed by atoms with Crippen LogP contribution in [0, 0.1) is 6.92 Å². The van der Waals surface area contributed by atoms with Gasteiger partial charge in [-0.2, -0.15) is 0 Å². The minimum absolute atomic E-state index is 0.245. The number of hydrogen-bond donors (Lipinski definition) is 1. The van der Waals surface area contributed by atoms with E-state index in [1.165, 1.54) is 0 Å².